The Kier molecular flexibility index (Phi) is 3.38. The van der Waals surface area contributed by atoms with E-state index in [1.807, 2.05) is 24.3 Å². The SMILES string of the molecule is Oc1ccc(CCNc2ccncc2)cc1. The number of benzene rings is 1. The van der Waals surface area contributed by atoms with Crippen molar-refractivity contribution in [2.75, 3.05) is 11.9 Å². The fraction of sp³-hybridized carbons (Fsp3) is 0.154. The number of hydrogen-bond acceptors (Lipinski definition) is 3. The maximum atomic E-state index is 9.14. The van der Waals surface area contributed by atoms with Gasteiger partial charge in [0.1, 0.15) is 5.75 Å². The van der Waals surface area contributed by atoms with Crippen molar-refractivity contribution in [2.45, 2.75) is 6.42 Å². The molecule has 0 radical (unpaired) electrons. The minimum atomic E-state index is 0.311. The van der Waals surface area contributed by atoms with Crippen LogP contribution in [0.4, 0.5) is 5.69 Å². The van der Waals surface area contributed by atoms with Crippen LogP contribution in [-0.2, 0) is 6.42 Å². The molecule has 3 heteroatoms. The lowest BCUT2D eigenvalue weighted by Gasteiger charge is -2.05. The van der Waals surface area contributed by atoms with Gasteiger partial charge in [-0.1, -0.05) is 12.1 Å². The lowest BCUT2D eigenvalue weighted by atomic mass is 10.1. The smallest absolute Gasteiger partial charge is 0.115 e. The number of aromatic nitrogens is 1. The number of aromatic hydroxyl groups is 1. The molecular weight excluding hydrogens is 200 g/mol. The van der Waals surface area contributed by atoms with Crippen molar-refractivity contribution < 1.29 is 5.11 Å². The molecule has 2 N–H and O–H groups in total. The second kappa shape index (κ2) is 5.16. The highest BCUT2D eigenvalue weighted by Gasteiger charge is 1.94. The Hall–Kier alpha value is -2.03. The summed E-state index contributed by atoms with van der Waals surface area (Å²) in [4.78, 5) is 3.95. The number of hydrogen-bond donors (Lipinski definition) is 2. The van der Waals surface area contributed by atoms with Gasteiger partial charge in [-0.3, -0.25) is 4.98 Å². The molecule has 1 heterocycles. The zero-order valence-electron chi connectivity index (χ0n) is 8.93. The highest BCUT2D eigenvalue weighted by atomic mass is 16.3. The average molecular weight is 214 g/mol. The van der Waals surface area contributed by atoms with E-state index in [2.05, 4.69) is 10.3 Å². The first kappa shape index (κ1) is 10.5. The van der Waals surface area contributed by atoms with Gasteiger partial charge in [0, 0.05) is 24.6 Å². The highest BCUT2D eigenvalue weighted by molar-refractivity contribution is 5.40. The quantitative estimate of drug-likeness (QED) is 0.821. The van der Waals surface area contributed by atoms with Gasteiger partial charge in [-0.15, -0.1) is 0 Å². The number of anilines is 1. The van der Waals surface area contributed by atoms with E-state index in [1.54, 1.807) is 24.5 Å². The van der Waals surface area contributed by atoms with E-state index in [-0.39, 0.29) is 0 Å². The largest absolute Gasteiger partial charge is 0.508 e. The first-order valence-electron chi connectivity index (χ1n) is 5.26. The van der Waals surface area contributed by atoms with Gasteiger partial charge in [0.25, 0.3) is 0 Å². The lowest BCUT2D eigenvalue weighted by Crippen LogP contribution is -2.04. The van der Waals surface area contributed by atoms with Crippen LogP contribution in [0.15, 0.2) is 48.8 Å². The second-order valence-electron chi connectivity index (χ2n) is 3.58. The van der Waals surface area contributed by atoms with E-state index in [0.29, 0.717) is 5.75 Å². The molecule has 82 valence electrons. The van der Waals surface area contributed by atoms with Crippen LogP contribution in [0.3, 0.4) is 0 Å². The molecule has 0 aliphatic heterocycles. The molecule has 1 aromatic heterocycles. The third kappa shape index (κ3) is 2.98. The van der Waals surface area contributed by atoms with Crippen LogP contribution < -0.4 is 5.32 Å². The van der Waals surface area contributed by atoms with E-state index in [4.69, 9.17) is 5.11 Å². The third-order valence-corrected chi connectivity index (χ3v) is 2.36. The molecule has 1 aromatic carbocycles. The third-order valence-electron chi connectivity index (χ3n) is 2.36. The van der Waals surface area contributed by atoms with Crippen molar-refractivity contribution in [3.63, 3.8) is 0 Å². The number of nitrogens with zero attached hydrogens (tertiary/aromatic N) is 1. The molecule has 3 nitrogen and oxygen atoms in total. The minimum Gasteiger partial charge on any atom is -0.508 e. The van der Waals surface area contributed by atoms with Gasteiger partial charge in [-0.25, -0.2) is 0 Å². The Morgan fingerprint density at radius 2 is 1.69 bits per heavy atom. The Morgan fingerprint density at radius 3 is 2.38 bits per heavy atom. The number of phenolic OH excluding ortho intramolecular Hbond substituents is 1. The standard InChI is InChI=1S/C13H14N2O/c16-13-3-1-11(2-4-13)5-10-15-12-6-8-14-9-7-12/h1-4,6-9,16H,5,10H2,(H,14,15). The van der Waals surface area contributed by atoms with Crippen molar-refractivity contribution in [2.24, 2.45) is 0 Å². The molecule has 0 bridgehead atoms. The average Bonchev–Trinajstić information content (AvgIpc) is 2.33. The Labute approximate surface area is 94.8 Å². The lowest BCUT2D eigenvalue weighted by molar-refractivity contribution is 0.475. The number of pyridine rings is 1. The molecule has 0 fully saturated rings. The Bertz CT molecular complexity index is 425. The molecule has 0 amide bonds. The van der Waals surface area contributed by atoms with Gasteiger partial charge in [0.2, 0.25) is 0 Å². The topological polar surface area (TPSA) is 45.1 Å². The summed E-state index contributed by atoms with van der Waals surface area (Å²) >= 11 is 0. The molecule has 0 saturated carbocycles. The highest BCUT2D eigenvalue weighted by Crippen LogP contribution is 2.10. The molecule has 0 aliphatic carbocycles. The van der Waals surface area contributed by atoms with Crippen LogP contribution in [0.5, 0.6) is 5.75 Å². The predicted molar refractivity (Wildman–Crippen MR) is 64.5 cm³/mol. The maximum absolute atomic E-state index is 9.14. The predicted octanol–water partition coefficient (Wildman–Crippen LogP) is 2.44. The minimum absolute atomic E-state index is 0.311. The van der Waals surface area contributed by atoms with Crippen molar-refractivity contribution in [1.82, 2.24) is 4.98 Å². The Morgan fingerprint density at radius 1 is 1.00 bits per heavy atom. The molecule has 2 rings (SSSR count). The normalized spacial score (nSPS) is 10.0. The fourth-order valence-corrected chi connectivity index (χ4v) is 1.48. The van der Waals surface area contributed by atoms with E-state index in [9.17, 15) is 0 Å². The van der Waals surface area contributed by atoms with Crippen molar-refractivity contribution in [1.29, 1.82) is 0 Å². The van der Waals surface area contributed by atoms with Crippen LogP contribution >= 0.6 is 0 Å². The molecule has 0 spiro atoms. The molecule has 2 aromatic rings. The van der Waals surface area contributed by atoms with E-state index in [0.717, 1.165) is 18.7 Å². The molecule has 0 aliphatic rings. The van der Waals surface area contributed by atoms with Gasteiger partial charge in [-0.05, 0) is 36.2 Å². The summed E-state index contributed by atoms with van der Waals surface area (Å²) in [6, 6.07) is 11.2. The maximum Gasteiger partial charge on any atom is 0.115 e. The summed E-state index contributed by atoms with van der Waals surface area (Å²) in [5.41, 5.74) is 2.29. The van der Waals surface area contributed by atoms with Crippen LogP contribution in [0.25, 0.3) is 0 Å². The van der Waals surface area contributed by atoms with Gasteiger partial charge in [-0.2, -0.15) is 0 Å². The first-order chi connectivity index (χ1) is 7.84. The summed E-state index contributed by atoms with van der Waals surface area (Å²) in [5.74, 6) is 0.311. The van der Waals surface area contributed by atoms with Crippen LogP contribution in [-0.4, -0.2) is 16.6 Å². The zero-order valence-corrected chi connectivity index (χ0v) is 8.93. The number of phenols is 1. The van der Waals surface area contributed by atoms with E-state index in [1.165, 1.54) is 5.56 Å². The van der Waals surface area contributed by atoms with Gasteiger partial charge < -0.3 is 10.4 Å². The summed E-state index contributed by atoms with van der Waals surface area (Å²) < 4.78 is 0. The number of nitrogens with one attached hydrogen (secondary N) is 1. The molecule has 0 unspecified atom stereocenters. The van der Waals surface area contributed by atoms with Crippen LogP contribution in [0.2, 0.25) is 0 Å². The Balaban J connectivity index is 1.82. The van der Waals surface area contributed by atoms with E-state index >= 15 is 0 Å². The monoisotopic (exact) mass is 214 g/mol. The van der Waals surface area contributed by atoms with Crippen LogP contribution in [0, 0.1) is 0 Å². The summed E-state index contributed by atoms with van der Waals surface area (Å²) in [6.07, 6.45) is 4.47. The van der Waals surface area contributed by atoms with Gasteiger partial charge in [0.05, 0.1) is 0 Å². The molecule has 0 atom stereocenters. The van der Waals surface area contributed by atoms with E-state index < -0.39 is 0 Å². The van der Waals surface area contributed by atoms with Crippen molar-refractivity contribution in [3.05, 3.63) is 54.4 Å². The first-order valence-corrected chi connectivity index (χ1v) is 5.26. The summed E-state index contributed by atoms with van der Waals surface area (Å²) in [5, 5.41) is 12.4. The zero-order chi connectivity index (χ0) is 11.2. The summed E-state index contributed by atoms with van der Waals surface area (Å²) in [7, 11) is 0. The fourth-order valence-electron chi connectivity index (χ4n) is 1.48. The van der Waals surface area contributed by atoms with Crippen molar-refractivity contribution >= 4 is 5.69 Å². The molecular formula is C13H14N2O. The van der Waals surface area contributed by atoms with Gasteiger partial charge in [0.15, 0.2) is 0 Å². The molecule has 16 heavy (non-hydrogen) atoms. The second-order valence-corrected chi connectivity index (χ2v) is 3.58. The number of rotatable bonds is 4. The van der Waals surface area contributed by atoms with Crippen molar-refractivity contribution in [3.8, 4) is 5.75 Å². The summed E-state index contributed by atoms with van der Waals surface area (Å²) in [6.45, 7) is 0.870. The molecule has 0 saturated heterocycles. The van der Waals surface area contributed by atoms with Crippen LogP contribution in [0.1, 0.15) is 5.56 Å². The van der Waals surface area contributed by atoms with Gasteiger partial charge >= 0.3 is 0 Å².